The molecule has 0 unspecified atom stereocenters. The van der Waals surface area contributed by atoms with Crippen LogP contribution in [0.15, 0.2) is 51.7 Å². The molecule has 5 nitrogen and oxygen atoms in total. The van der Waals surface area contributed by atoms with Crippen molar-refractivity contribution in [2.75, 3.05) is 20.8 Å². The molecule has 3 aromatic rings. The van der Waals surface area contributed by atoms with E-state index in [2.05, 4.69) is 0 Å². The van der Waals surface area contributed by atoms with E-state index in [1.165, 1.54) is 26.0 Å². The molecule has 1 heterocycles. The van der Waals surface area contributed by atoms with Crippen LogP contribution in [-0.2, 0) is 0 Å². The maximum absolute atomic E-state index is 12.5. The molecule has 0 spiro atoms. The van der Waals surface area contributed by atoms with Crippen LogP contribution in [0.4, 0.5) is 0 Å². The van der Waals surface area contributed by atoms with Gasteiger partial charge in [0, 0.05) is 18.2 Å². The van der Waals surface area contributed by atoms with Gasteiger partial charge >= 0.3 is 0 Å². The van der Waals surface area contributed by atoms with Crippen LogP contribution < -0.4 is 19.6 Å². The second kappa shape index (κ2) is 7.80. The van der Waals surface area contributed by atoms with Gasteiger partial charge in [-0.15, -0.1) is 0 Å². The van der Waals surface area contributed by atoms with E-state index in [1.807, 2.05) is 30.3 Å². The Balaban J connectivity index is 1.57. The van der Waals surface area contributed by atoms with E-state index in [-0.39, 0.29) is 5.43 Å². The Morgan fingerprint density at radius 1 is 1.00 bits per heavy atom. The number of rotatable bonds is 7. The zero-order chi connectivity index (χ0) is 19.5. The molecule has 0 radical (unpaired) electrons. The lowest BCUT2D eigenvalue weighted by Crippen LogP contribution is -2.03. The molecule has 5 heteroatoms. The smallest absolute Gasteiger partial charge is 0.197 e. The van der Waals surface area contributed by atoms with E-state index in [0.717, 1.165) is 23.8 Å². The minimum atomic E-state index is -0.163. The van der Waals surface area contributed by atoms with Crippen molar-refractivity contribution >= 4 is 23.1 Å². The van der Waals surface area contributed by atoms with Crippen molar-refractivity contribution in [3.63, 3.8) is 0 Å². The zero-order valence-corrected chi connectivity index (χ0v) is 15.9. The summed E-state index contributed by atoms with van der Waals surface area (Å²) in [7, 11) is 3.07. The molecule has 1 aromatic heterocycles. The van der Waals surface area contributed by atoms with Gasteiger partial charge in [-0.1, -0.05) is 18.2 Å². The predicted molar refractivity (Wildman–Crippen MR) is 109 cm³/mol. The fourth-order valence-electron chi connectivity index (χ4n) is 2.96. The van der Waals surface area contributed by atoms with Gasteiger partial charge in [0.05, 0.1) is 20.8 Å². The maximum atomic E-state index is 12.5. The summed E-state index contributed by atoms with van der Waals surface area (Å²) in [6, 6.07) is 12.7. The third kappa shape index (κ3) is 4.03. The molecule has 0 saturated heterocycles. The Bertz CT molecular complexity index is 1060. The van der Waals surface area contributed by atoms with Crippen LogP contribution >= 0.6 is 0 Å². The lowest BCUT2D eigenvalue weighted by molar-refractivity contribution is 0.300. The first-order valence-corrected chi connectivity index (χ1v) is 9.27. The lowest BCUT2D eigenvalue weighted by atomic mass is 10.1. The summed E-state index contributed by atoms with van der Waals surface area (Å²) in [5.74, 6) is 3.06. The predicted octanol–water partition coefficient (Wildman–Crippen LogP) is 4.77. The molecular weight excluding hydrogens is 356 g/mol. The van der Waals surface area contributed by atoms with E-state index >= 15 is 0 Å². The van der Waals surface area contributed by atoms with Crippen molar-refractivity contribution in [3.05, 3.63) is 64.0 Å². The number of ether oxygens (including phenoxy) is 3. The van der Waals surface area contributed by atoms with Crippen LogP contribution in [0.2, 0.25) is 0 Å². The van der Waals surface area contributed by atoms with Crippen molar-refractivity contribution < 1.29 is 18.6 Å². The van der Waals surface area contributed by atoms with Crippen molar-refractivity contribution in [2.24, 2.45) is 5.92 Å². The van der Waals surface area contributed by atoms with Crippen molar-refractivity contribution in [1.82, 2.24) is 0 Å². The molecule has 1 saturated carbocycles. The molecule has 1 fully saturated rings. The average molecular weight is 378 g/mol. The minimum absolute atomic E-state index is 0.163. The average Bonchev–Trinajstić information content (AvgIpc) is 3.55. The molecule has 0 atom stereocenters. The van der Waals surface area contributed by atoms with Gasteiger partial charge in [0.25, 0.3) is 0 Å². The number of fused-ring (bicyclic) bond motifs is 1. The van der Waals surface area contributed by atoms with Crippen molar-refractivity contribution in [2.45, 2.75) is 12.8 Å². The molecule has 0 aliphatic heterocycles. The third-order valence-corrected chi connectivity index (χ3v) is 4.75. The summed E-state index contributed by atoms with van der Waals surface area (Å²) in [6.45, 7) is 0.796. The van der Waals surface area contributed by atoms with Gasteiger partial charge < -0.3 is 18.6 Å². The lowest BCUT2D eigenvalue weighted by Gasteiger charge is -2.08. The zero-order valence-electron chi connectivity index (χ0n) is 15.9. The molecule has 0 amide bonds. The fraction of sp³-hybridized carbons (Fsp3) is 0.261. The second-order valence-corrected chi connectivity index (χ2v) is 6.87. The molecule has 4 rings (SSSR count). The minimum Gasteiger partial charge on any atom is -0.496 e. The molecule has 28 heavy (non-hydrogen) atoms. The number of methoxy groups -OCH3 is 2. The highest BCUT2D eigenvalue weighted by Gasteiger charge is 2.21. The first kappa shape index (κ1) is 18.2. The van der Waals surface area contributed by atoms with Crippen molar-refractivity contribution in [1.29, 1.82) is 0 Å². The van der Waals surface area contributed by atoms with Gasteiger partial charge in [-0.05, 0) is 42.5 Å². The Hall–Kier alpha value is -3.21. The topological polar surface area (TPSA) is 57.9 Å². The highest BCUT2D eigenvalue weighted by Crippen LogP contribution is 2.30. The number of hydrogen-bond acceptors (Lipinski definition) is 5. The summed E-state index contributed by atoms with van der Waals surface area (Å²) in [6.07, 6.45) is 6.21. The standard InChI is InChI=1S/C23H22O5/c1-25-19-12-21(26-2)23-20(24)11-18(28-22(23)13-19)10-7-15-5-8-17(9-6-15)27-14-16-3-4-16/h5-13,16H,3-4,14H2,1-2H3. The van der Waals surface area contributed by atoms with Gasteiger partial charge in [0.2, 0.25) is 0 Å². The van der Waals surface area contributed by atoms with Gasteiger partial charge in [0.15, 0.2) is 5.43 Å². The summed E-state index contributed by atoms with van der Waals surface area (Å²) < 4.78 is 22.2. The molecule has 1 aliphatic rings. The quantitative estimate of drug-likeness (QED) is 0.593. The molecule has 1 aliphatic carbocycles. The molecule has 0 bridgehead atoms. The van der Waals surface area contributed by atoms with E-state index in [4.69, 9.17) is 18.6 Å². The van der Waals surface area contributed by atoms with Gasteiger partial charge in [-0.2, -0.15) is 0 Å². The maximum Gasteiger partial charge on any atom is 0.197 e. The van der Waals surface area contributed by atoms with Gasteiger partial charge in [-0.3, -0.25) is 4.79 Å². The van der Waals surface area contributed by atoms with Crippen LogP contribution in [0.5, 0.6) is 17.2 Å². The highest BCUT2D eigenvalue weighted by molar-refractivity contribution is 5.86. The SMILES string of the molecule is COc1cc(OC)c2c(=O)cc(C=Cc3ccc(OCC4CC4)cc3)oc2c1. The van der Waals surface area contributed by atoms with E-state index < -0.39 is 0 Å². The summed E-state index contributed by atoms with van der Waals surface area (Å²) >= 11 is 0. The first-order valence-electron chi connectivity index (χ1n) is 9.27. The van der Waals surface area contributed by atoms with E-state index in [9.17, 15) is 4.79 Å². The first-order chi connectivity index (χ1) is 13.7. The molecule has 0 N–H and O–H groups in total. The fourth-order valence-corrected chi connectivity index (χ4v) is 2.96. The van der Waals surface area contributed by atoms with Gasteiger partial charge in [-0.25, -0.2) is 0 Å². The summed E-state index contributed by atoms with van der Waals surface area (Å²) in [5.41, 5.74) is 1.25. The van der Waals surface area contributed by atoms with Gasteiger partial charge in [0.1, 0.15) is 34.0 Å². The Morgan fingerprint density at radius 3 is 2.46 bits per heavy atom. The van der Waals surface area contributed by atoms with Crippen LogP contribution in [0.25, 0.3) is 23.1 Å². The third-order valence-electron chi connectivity index (χ3n) is 4.75. The van der Waals surface area contributed by atoms with Crippen molar-refractivity contribution in [3.8, 4) is 17.2 Å². The highest BCUT2D eigenvalue weighted by atomic mass is 16.5. The largest absolute Gasteiger partial charge is 0.496 e. The second-order valence-electron chi connectivity index (χ2n) is 6.87. The molecule has 144 valence electrons. The summed E-state index contributed by atoms with van der Waals surface area (Å²) in [5, 5.41) is 0.401. The molecule has 2 aromatic carbocycles. The number of benzene rings is 2. The van der Waals surface area contributed by atoms with Crippen LogP contribution in [-0.4, -0.2) is 20.8 Å². The summed E-state index contributed by atoms with van der Waals surface area (Å²) in [4.78, 5) is 12.5. The van der Waals surface area contributed by atoms with Crippen LogP contribution in [0, 0.1) is 5.92 Å². The molecular formula is C23H22O5. The normalized spacial score (nSPS) is 13.8. The Morgan fingerprint density at radius 2 is 1.79 bits per heavy atom. The monoisotopic (exact) mass is 378 g/mol. The Labute approximate surface area is 163 Å². The van der Waals surface area contributed by atoms with Crippen LogP contribution in [0.3, 0.4) is 0 Å². The van der Waals surface area contributed by atoms with Crippen LogP contribution in [0.1, 0.15) is 24.2 Å². The van der Waals surface area contributed by atoms with E-state index in [1.54, 1.807) is 25.3 Å². The number of hydrogen-bond donors (Lipinski definition) is 0. The Kier molecular flexibility index (Phi) is 5.06. The van der Waals surface area contributed by atoms with E-state index in [0.29, 0.717) is 28.2 Å².